The average Bonchev–Trinajstić information content (AvgIpc) is 2.86. The molecule has 6 nitrogen and oxygen atoms in total. The van der Waals surface area contributed by atoms with Gasteiger partial charge in [-0.3, -0.25) is 4.79 Å². The van der Waals surface area contributed by atoms with E-state index in [1.54, 1.807) is 6.92 Å². The van der Waals surface area contributed by atoms with E-state index >= 15 is 0 Å². The molecule has 0 fully saturated rings. The second-order valence-electron chi connectivity index (χ2n) is 4.02. The number of rotatable bonds is 4. The fraction of sp³-hybridized carbons (Fsp3) is 0.250. The minimum Gasteiger partial charge on any atom is -0.394 e. The van der Waals surface area contributed by atoms with Crippen molar-refractivity contribution in [2.75, 3.05) is 6.61 Å². The number of nitrogens with zero attached hydrogens (tertiary/aromatic N) is 2. The third-order valence-corrected chi connectivity index (χ3v) is 2.87. The first kappa shape index (κ1) is 14.4. The number of carbonyl (C=O) groups is 1. The van der Waals surface area contributed by atoms with Crippen molar-refractivity contribution in [3.05, 3.63) is 46.3 Å². The normalized spacial score (nSPS) is 12.2. The van der Waals surface area contributed by atoms with Crippen LogP contribution in [-0.2, 0) is 0 Å². The second-order valence-corrected chi connectivity index (χ2v) is 4.43. The Balaban J connectivity index is 2.16. The Bertz CT molecular complexity index is 632. The number of hydrogen-bond acceptors (Lipinski definition) is 5. The van der Waals surface area contributed by atoms with Crippen molar-refractivity contribution in [1.82, 2.24) is 15.5 Å². The van der Waals surface area contributed by atoms with Crippen molar-refractivity contribution in [2.24, 2.45) is 0 Å². The fourth-order valence-corrected chi connectivity index (χ4v) is 1.70. The van der Waals surface area contributed by atoms with Crippen molar-refractivity contribution in [3.8, 4) is 0 Å². The third kappa shape index (κ3) is 3.12. The van der Waals surface area contributed by atoms with Gasteiger partial charge < -0.3 is 14.9 Å². The lowest BCUT2D eigenvalue weighted by Gasteiger charge is -2.15. The molecule has 1 heterocycles. The molecule has 2 aromatic rings. The number of carbonyl (C=O) groups excluding carboxylic acids is 1. The van der Waals surface area contributed by atoms with Gasteiger partial charge in [-0.2, -0.15) is 4.98 Å². The zero-order valence-corrected chi connectivity index (χ0v) is 11.2. The van der Waals surface area contributed by atoms with Gasteiger partial charge in [0.15, 0.2) is 0 Å². The number of aliphatic hydroxyl groups excluding tert-OH is 1. The van der Waals surface area contributed by atoms with Gasteiger partial charge in [-0.1, -0.05) is 22.8 Å². The maximum absolute atomic E-state index is 13.4. The summed E-state index contributed by atoms with van der Waals surface area (Å²) in [6, 6.07) is 3.20. The highest BCUT2D eigenvalue weighted by atomic mass is 35.5. The van der Waals surface area contributed by atoms with Crippen LogP contribution in [0.5, 0.6) is 0 Å². The van der Waals surface area contributed by atoms with Crippen molar-refractivity contribution >= 4 is 17.5 Å². The first-order valence-corrected chi connectivity index (χ1v) is 6.06. The van der Waals surface area contributed by atoms with Gasteiger partial charge in [0, 0.05) is 6.92 Å². The highest BCUT2D eigenvalue weighted by Crippen LogP contribution is 2.20. The average molecular weight is 300 g/mol. The van der Waals surface area contributed by atoms with Gasteiger partial charge in [-0.25, -0.2) is 4.39 Å². The maximum atomic E-state index is 13.4. The van der Waals surface area contributed by atoms with E-state index in [0.717, 1.165) is 6.07 Å². The molecular formula is C12H11ClFN3O3. The Morgan fingerprint density at radius 2 is 2.35 bits per heavy atom. The number of aryl methyl sites for hydroxylation is 1. The van der Waals surface area contributed by atoms with Crippen LogP contribution in [-0.4, -0.2) is 27.8 Å². The molecular weight excluding hydrogens is 289 g/mol. The number of halogens is 2. The number of benzene rings is 1. The molecule has 0 radical (unpaired) electrons. The second kappa shape index (κ2) is 5.98. The molecule has 1 aromatic carbocycles. The van der Waals surface area contributed by atoms with E-state index in [4.69, 9.17) is 11.6 Å². The van der Waals surface area contributed by atoms with Gasteiger partial charge in [0.2, 0.25) is 5.89 Å². The van der Waals surface area contributed by atoms with Gasteiger partial charge in [-0.15, -0.1) is 0 Å². The predicted molar refractivity (Wildman–Crippen MR) is 67.7 cm³/mol. The summed E-state index contributed by atoms with van der Waals surface area (Å²) in [5.41, 5.74) is 0.378. The quantitative estimate of drug-likeness (QED) is 0.896. The topological polar surface area (TPSA) is 88.2 Å². The monoisotopic (exact) mass is 299 g/mol. The Kier molecular flexibility index (Phi) is 4.31. The molecule has 1 unspecified atom stereocenters. The minimum absolute atomic E-state index is 0.0365. The molecule has 106 valence electrons. The summed E-state index contributed by atoms with van der Waals surface area (Å²) < 4.78 is 18.1. The van der Waals surface area contributed by atoms with E-state index in [0.29, 0.717) is 5.56 Å². The SMILES string of the molecule is Cc1nc(C(=O)NC(CO)c2ccc(Cl)c(F)c2)no1. The lowest BCUT2D eigenvalue weighted by atomic mass is 10.1. The Morgan fingerprint density at radius 3 is 2.90 bits per heavy atom. The van der Waals surface area contributed by atoms with E-state index in [1.807, 2.05) is 0 Å². The minimum atomic E-state index is -0.798. The summed E-state index contributed by atoms with van der Waals surface area (Å²) in [5, 5.41) is 15.2. The molecule has 0 aliphatic rings. The number of aromatic nitrogens is 2. The molecule has 0 saturated heterocycles. The van der Waals surface area contributed by atoms with E-state index in [2.05, 4.69) is 20.0 Å². The van der Waals surface area contributed by atoms with Crippen LogP contribution in [0, 0.1) is 12.7 Å². The van der Waals surface area contributed by atoms with Crippen LogP contribution in [0.1, 0.15) is 28.1 Å². The van der Waals surface area contributed by atoms with Gasteiger partial charge in [0.25, 0.3) is 11.7 Å². The highest BCUT2D eigenvalue weighted by molar-refractivity contribution is 6.30. The van der Waals surface area contributed by atoms with Crippen LogP contribution in [0.25, 0.3) is 0 Å². The molecule has 2 rings (SSSR count). The smallest absolute Gasteiger partial charge is 0.293 e. The molecule has 0 saturated carbocycles. The third-order valence-electron chi connectivity index (χ3n) is 2.56. The number of amides is 1. The van der Waals surface area contributed by atoms with Crippen LogP contribution in [0.4, 0.5) is 4.39 Å². The van der Waals surface area contributed by atoms with Gasteiger partial charge >= 0.3 is 0 Å². The molecule has 0 spiro atoms. The Labute approximate surface area is 118 Å². The molecule has 0 bridgehead atoms. The lowest BCUT2D eigenvalue weighted by Crippen LogP contribution is -2.31. The molecule has 8 heteroatoms. The van der Waals surface area contributed by atoms with Crippen LogP contribution in [0.2, 0.25) is 5.02 Å². The largest absolute Gasteiger partial charge is 0.394 e. The molecule has 1 atom stereocenters. The lowest BCUT2D eigenvalue weighted by molar-refractivity contribution is 0.0902. The number of aliphatic hydroxyl groups is 1. The highest BCUT2D eigenvalue weighted by Gasteiger charge is 2.19. The standard InChI is InChI=1S/C12H11ClFN3O3/c1-6-15-11(17-20-6)12(19)16-10(5-18)7-2-3-8(13)9(14)4-7/h2-4,10,18H,5H2,1H3,(H,16,19). The van der Waals surface area contributed by atoms with Crippen molar-refractivity contribution in [2.45, 2.75) is 13.0 Å². The van der Waals surface area contributed by atoms with Gasteiger partial charge in [0.1, 0.15) is 5.82 Å². The molecule has 0 aliphatic carbocycles. The maximum Gasteiger partial charge on any atom is 0.293 e. The van der Waals surface area contributed by atoms with Gasteiger partial charge in [-0.05, 0) is 17.7 Å². The summed E-state index contributed by atoms with van der Waals surface area (Å²) in [6.45, 7) is 1.13. The van der Waals surface area contributed by atoms with Crippen molar-refractivity contribution in [3.63, 3.8) is 0 Å². The molecule has 1 amide bonds. The van der Waals surface area contributed by atoms with Crippen LogP contribution >= 0.6 is 11.6 Å². The predicted octanol–water partition coefficient (Wildman–Crippen LogP) is 1.63. The summed E-state index contributed by atoms with van der Waals surface area (Å²) in [6.07, 6.45) is 0. The first-order chi connectivity index (χ1) is 9.51. The van der Waals surface area contributed by atoms with E-state index < -0.39 is 24.4 Å². The van der Waals surface area contributed by atoms with Crippen LogP contribution < -0.4 is 5.32 Å². The van der Waals surface area contributed by atoms with E-state index in [1.165, 1.54) is 12.1 Å². The van der Waals surface area contributed by atoms with E-state index in [-0.39, 0.29) is 16.7 Å². The fourth-order valence-electron chi connectivity index (χ4n) is 1.58. The van der Waals surface area contributed by atoms with Crippen LogP contribution in [0.15, 0.2) is 22.7 Å². The zero-order chi connectivity index (χ0) is 14.7. The van der Waals surface area contributed by atoms with Crippen molar-refractivity contribution < 1.29 is 18.8 Å². The van der Waals surface area contributed by atoms with Crippen molar-refractivity contribution in [1.29, 1.82) is 0 Å². The van der Waals surface area contributed by atoms with Crippen LogP contribution in [0.3, 0.4) is 0 Å². The summed E-state index contributed by atoms with van der Waals surface area (Å²) in [7, 11) is 0. The summed E-state index contributed by atoms with van der Waals surface area (Å²) in [4.78, 5) is 15.6. The Hall–Kier alpha value is -1.99. The Morgan fingerprint density at radius 1 is 1.60 bits per heavy atom. The summed E-state index contributed by atoms with van der Waals surface area (Å²) in [5.74, 6) is -1.17. The van der Waals surface area contributed by atoms with E-state index in [9.17, 15) is 14.3 Å². The van der Waals surface area contributed by atoms with Gasteiger partial charge in [0.05, 0.1) is 17.7 Å². The zero-order valence-electron chi connectivity index (χ0n) is 10.4. The molecule has 2 N–H and O–H groups in total. The summed E-state index contributed by atoms with van der Waals surface area (Å²) >= 11 is 5.58. The first-order valence-electron chi connectivity index (χ1n) is 5.68. The number of nitrogens with one attached hydrogen (secondary N) is 1. The number of hydrogen-bond donors (Lipinski definition) is 2. The molecule has 0 aliphatic heterocycles. The molecule has 1 aromatic heterocycles. The molecule has 20 heavy (non-hydrogen) atoms.